The molecule has 0 aromatic heterocycles. The smallest absolute Gasteiger partial charge is 0.220 e. The van der Waals surface area contributed by atoms with Crippen LogP contribution in [-0.4, -0.2) is 19.1 Å². The number of carbonyl (C=O) groups excluding carboxylic acids is 1. The summed E-state index contributed by atoms with van der Waals surface area (Å²) in [6.07, 6.45) is 7.93. The quantitative estimate of drug-likeness (QED) is 0.831. The van der Waals surface area contributed by atoms with Gasteiger partial charge in [0.05, 0.1) is 6.61 Å². The molecule has 3 heteroatoms. The lowest BCUT2D eigenvalue weighted by Crippen LogP contribution is -2.30. The number of rotatable bonds is 7. The van der Waals surface area contributed by atoms with E-state index in [4.69, 9.17) is 4.74 Å². The van der Waals surface area contributed by atoms with Crippen molar-refractivity contribution >= 4 is 5.91 Å². The Morgan fingerprint density at radius 1 is 1.19 bits per heavy atom. The Morgan fingerprint density at radius 3 is 2.57 bits per heavy atom. The van der Waals surface area contributed by atoms with Gasteiger partial charge in [-0.3, -0.25) is 4.79 Å². The van der Waals surface area contributed by atoms with Gasteiger partial charge in [-0.25, -0.2) is 0 Å². The molecule has 0 radical (unpaired) electrons. The van der Waals surface area contributed by atoms with Crippen LogP contribution in [-0.2, 0) is 11.2 Å². The Hall–Kier alpha value is -1.51. The van der Waals surface area contributed by atoms with Crippen LogP contribution in [0.4, 0.5) is 0 Å². The van der Waals surface area contributed by atoms with Gasteiger partial charge in [0.2, 0.25) is 5.91 Å². The van der Waals surface area contributed by atoms with Gasteiger partial charge in [-0.05, 0) is 49.8 Å². The third kappa shape index (κ3) is 5.78. The topological polar surface area (TPSA) is 38.3 Å². The number of aryl methyl sites for hydroxylation is 1. The second-order valence-corrected chi connectivity index (χ2v) is 5.89. The van der Waals surface area contributed by atoms with E-state index in [1.807, 2.05) is 31.2 Å². The van der Waals surface area contributed by atoms with Gasteiger partial charge in [-0.15, -0.1) is 0 Å². The van der Waals surface area contributed by atoms with E-state index in [1.165, 1.54) is 37.7 Å². The van der Waals surface area contributed by atoms with Gasteiger partial charge in [-0.2, -0.15) is 0 Å². The first kappa shape index (κ1) is 15.9. The molecule has 0 saturated heterocycles. The SMILES string of the molecule is CCOc1ccc(CCC(=O)NCC2CCCCC2)cc1. The van der Waals surface area contributed by atoms with E-state index >= 15 is 0 Å². The Morgan fingerprint density at radius 2 is 1.90 bits per heavy atom. The van der Waals surface area contributed by atoms with Crippen molar-refractivity contribution in [2.45, 2.75) is 51.9 Å². The highest BCUT2D eigenvalue weighted by molar-refractivity contribution is 5.76. The fraction of sp³-hybridized carbons (Fsp3) is 0.611. The van der Waals surface area contributed by atoms with E-state index in [0.29, 0.717) is 18.9 Å². The fourth-order valence-electron chi connectivity index (χ4n) is 2.91. The Bertz CT molecular complexity index is 421. The van der Waals surface area contributed by atoms with Crippen molar-refractivity contribution in [3.05, 3.63) is 29.8 Å². The molecule has 0 atom stereocenters. The highest BCUT2D eigenvalue weighted by Crippen LogP contribution is 2.22. The molecule has 3 nitrogen and oxygen atoms in total. The van der Waals surface area contributed by atoms with Crippen LogP contribution in [0.15, 0.2) is 24.3 Å². The molecular weight excluding hydrogens is 262 g/mol. The lowest BCUT2D eigenvalue weighted by Gasteiger charge is -2.21. The van der Waals surface area contributed by atoms with Gasteiger partial charge < -0.3 is 10.1 Å². The molecule has 1 aromatic rings. The predicted octanol–water partition coefficient (Wildman–Crippen LogP) is 3.71. The first-order valence-corrected chi connectivity index (χ1v) is 8.26. The maximum absolute atomic E-state index is 11.9. The monoisotopic (exact) mass is 289 g/mol. The van der Waals surface area contributed by atoms with Crippen LogP contribution in [0.25, 0.3) is 0 Å². The molecule has 0 heterocycles. The first-order valence-electron chi connectivity index (χ1n) is 8.26. The first-order chi connectivity index (χ1) is 10.3. The minimum absolute atomic E-state index is 0.175. The van der Waals surface area contributed by atoms with Gasteiger partial charge in [-0.1, -0.05) is 31.4 Å². The van der Waals surface area contributed by atoms with E-state index < -0.39 is 0 Å². The summed E-state index contributed by atoms with van der Waals surface area (Å²) >= 11 is 0. The van der Waals surface area contributed by atoms with Gasteiger partial charge >= 0.3 is 0 Å². The number of ether oxygens (including phenoxy) is 1. The molecule has 0 unspecified atom stereocenters. The summed E-state index contributed by atoms with van der Waals surface area (Å²) in [5, 5.41) is 3.09. The third-order valence-electron chi connectivity index (χ3n) is 4.19. The minimum atomic E-state index is 0.175. The molecule has 1 aromatic carbocycles. The second kappa shape index (κ2) is 8.71. The number of hydrogen-bond donors (Lipinski definition) is 1. The number of amides is 1. The minimum Gasteiger partial charge on any atom is -0.494 e. The average molecular weight is 289 g/mol. The van der Waals surface area contributed by atoms with Crippen LogP contribution < -0.4 is 10.1 Å². The molecule has 0 bridgehead atoms. The molecule has 116 valence electrons. The van der Waals surface area contributed by atoms with Crippen molar-refractivity contribution in [1.82, 2.24) is 5.32 Å². The molecule has 1 aliphatic carbocycles. The zero-order valence-electron chi connectivity index (χ0n) is 13.1. The van der Waals surface area contributed by atoms with Crippen molar-refractivity contribution in [2.24, 2.45) is 5.92 Å². The van der Waals surface area contributed by atoms with Crippen molar-refractivity contribution in [1.29, 1.82) is 0 Å². The van der Waals surface area contributed by atoms with Gasteiger partial charge in [0, 0.05) is 13.0 Å². The van der Waals surface area contributed by atoms with Crippen LogP contribution in [0, 0.1) is 5.92 Å². The van der Waals surface area contributed by atoms with Gasteiger partial charge in [0.1, 0.15) is 5.75 Å². The third-order valence-corrected chi connectivity index (χ3v) is 4.19. The van der Waals surface area contributed by atoms with Crippen molar-refractivity contribution in [2.75, 3.05) is 13.2 Å². The molecule has 0 aliphatic heterocycles. The zero-order chi connectivity index (χ0) is 14.9. The summed E-state index contributed by atoms with van der Waals surface area (Å²) in [6, 6.07) is 8.02. The predicted molar refractivity (Wildman–Crippen MR) is 85.5 cm³/mol. The number of nitrogens with one attached hydrogen (secondary N) is 1. The molecule has 1 aliphatic rings. The molecule has 21 heavy (non-hydrogen) atoms. The summed E-state index contributed by atoms with van der Waals surface area (Å²) in [5.41, 5.74) is 1.19. The number of benzene rings is 1. The zero-order valence-corrected chi connectivity index (χ0v) is 13.1. The van der Waals surface area contributed by atoms with E-state index in [0.717, 1.165) is 18.7 Å². The Kier molecular flexibility index (Phi) is 6.58. The molecule has 1 saturated carbocycles. The maximum Gasteiger partial charge on any atom is 0.220 e. The van der Waals surface area contributed by atoms with E-state index in [2.05, 4.69) is 5.32 Å². The van der Waals surface area contributed by atoms with Crippen molar-refractivity contribution < 1.29 is 9.53 Å². The average Bonchev–Trinajstić information content (AvgIpc) is 2.53. The Labute approximate surface area is 128 Å². The molecule has 1 amide bonds. The maximum atomic E-state index is 11.9. The lowest BCUT2D eigenvalue weighted by molar-refractivity contribution is -0.121. The lowest BCUT2D eigenvalue weighted by atomic mass is 9.89. The highest BCUT2D eigenvalue weighted by atomic mass is 16.5. The van der Waals surface area contributed by atoms with Gasteiger partial charge in [0.15, 0.2) is 0 Å². The van der Waals surface area contributed by atoms with Gasteiger partial charge in [0.25, 0.3) is 0 Å². The summed E-state index contributed by atoms with van der Waals surface area (Å²) in [6.45, 7) is 3.52. The molecular formula is C18H27NO2. The van der Waals surface area contributed by atoms with Crippen molar-refractivity contribution in [3.63, 3.8) is 0 Å². The van der Waals surface area contributed by atoms with Crippen molar-refractivity contribution in [3.8, 4) is 5.75 Å². The molecule has 1 fully saturated rings. The van der Waals surface area contributed by atoms with E-state index in [9.17, 15) is 4.79 Å². The summed E-state index contributed by atoms with van der Waals surface area (Å²) < 4.78 is 5.41. The molecule has 2 rings (SSSR count). The highest BCUT2D eigenvalue weighted by Gasteiger charge is 2.14. The number of carbonyl (C=O) groups is 1. The number of hydrogen-bond acceptors (Lipinski definition) is 2. The van der Waals surface area contributed by atoms with E-state index in [1.54, 1.807) is 0 Å². The summed E-state index contributed by atoms with van der Waals surface area (Å²) in [5.74, 6) is 1.77. The van der Waals surface area contributed by atoms with E-state index in [-0.39, 0.29) is 5.91 Å². The largest absolute Gasteiger partial charge is 0.494 e. The fourth-order valence-corrected chi connectivity index (χ4v) is 2.91. The summed E-state index contributed by atoms with van der Waals surface area (Å²) in [7, 11) is 0. The van der Waals surface area contributed by atoms with Crippen LogP contribution in [0.1, 0.15) is 51.0 Å². The standard InChI is InChI=1S/C18H27NO2/c1-2-21-17-11-8-15(9-12-17)10-13-18(20)19-14-16-6-4-3-5-7-16/h8-9,11-12,16H,2-7,10,13-14H2,1H3,(H,19,20). The summed E-state index contributed by atoms with van der Waals surface area (Å²) in [4.78, 5) is 11.9. The molecule has 1 N–H and O–H groups in total. The second-order valence-electron chi connectivity index (χ2n) is 5.89. The normalized spacial score (nSPS) is 15.7. The molecule has 0 spiro atoms. The van der Waals surface area contributed by atoms with Crippen LogP contribution in [0.2, 0.25) is 0 Å². The van der Waals surface area contributed by atoms with Crippen LogP contribution in [0.5, 0.6) is 5.75 Å². The van der Waals surface area contributed by atoms with Crippen LogP contribution >= 0.6 is 0 Å². The Balaban J connectivity index is 1.65. The van der Waals surface area contributed by atoms with Crippen LogP contribution in [0.3, 0.4) is 0 Å².